The first-order valence-corrected chi connectivity index (χ1v) is 11.0. The third kappa shape index (κ3) is 4.09. The highest BCUT2D eigenvalue weighted by molar-refractivity contribution is 5.97. The van der Waals surface area contributed by atoms with E-state index in [4.69, 9.17) is 9.47 Å². The topological polar surface area (TPSA) is 100 Å². The van der Waals surface area contributed by atoms with Gasteiger partial charge in [0.2, 0.25) is 5.91 Å². The molecule has 2 aromatic heterocycles. The number of amides is 1. The second-order valence-electron chi connectivity index (χ2n) is 9.36. The number of carbonyl (C=O) groups is 1. The van der Waals surface area contributed by atoms with Crippen LogP contribution >= 0.6 is 0 Å². The van der Waals surface area contributed by atoms with Gasteiger partial charge >= 0.3 is 0 Å². The molecule has 5 rings (SSSR count). The van der Waals surface area contributed by atoms with Gasteiger partial charge in [-0.3, -0.25) is 10.2 Å². The minimum atomic E-state index is -0.275. The quantitative estimate of drug-likeness (QED) is 0.475. The van der Waals surface area contributed by atoms with Crippen LogP contribution in [0.2, 0.25) is 0 Å². The summed E-state index contributed by atoms with van der Waals surface area (Å²) in [6.07, 6.45) is 1.68. The van der Waals surface area contributed by atoms with E-state index in [1.807, 2.05) is 36.4 Å². The second-order valence-corrected chi connectivity index (χ2v) is 9.36. The Morgan fingerprint density at radius 2 is 2.00 bits per heavy atom. The van der Waals surface area contributed by atoms with Crippen LogP contribution in [0.5, 0.6) is 5.75 Å². The van der Waals surface area contributed by atoms with E-state index in [1.54, 1.807) is 6.20 Å². The van der Waals surface area contributed by atoms with Crippen LogP contribution in [0.1, 0.15) is 20.8 Å². The lowest BCUT2D eigenvalue weighted by molar-refractivity contribution is -0.120. The van der Waals surface area contributed by atoms with Crippen LogP contribution in [0.15, 0.2) is 42.6 Å². The molecular formula is C24H29N5O3. The first-order chi connectivity index (χ1) is 15.4. The summed E-state index contributed by atoms with van der Waals surface area (Å²) in [6, 6.07) is 12.0. The molecule has 168 valence electrons. The molecule has 32 heavy (non-hydrogen) atoms. The molecule has 8 heteroatoms. The highest BCUT2D eigenvalue weighted by Crippen LogP contribution is 2.29. The summed E-state index contributed by atoms with van der Waals surface area (Å²) in [4.78, 5) is 20.5. The van der Waals surface area contributed by atoms with Gasteiger partial charge in [-0.1, -0.05) is 13.8 Å². The highest BCUT2D eigenvalue weighted by Gasteiger charge is 2.35. The Morgan fingerprint density at radius 1 is 1.22 bits per heavy atom. The number of aromatic amines is 1. The number of anilines is 1. The minimum absolute atomic E-state index is 0.0656. The monoisotopic (exact) mass is 435 g/mol. The van der Waals surface area contributed by atoms with Gasteiger partial charge < -0.3 is 19.8 Å². The summed E-state index contributed by atoms with van der Waals surface area (Å²) in [5.41, 5.74) is 9.76. The van der Waals surface area contributed by atoms with Gasteiger partial charge in [0.1, 0.15) is 17.4 Å². The Kier molecular flexibility index (Phi) is 5.36. The minimum Gasteiger partial charge on any atom is -0.493 e. The lowest BCUT2D eigenvalue weighted by Crippen LogP contribution is -2.44. The van der Waals surface area contributed by atoms with Crippen LogP contribution in [0.3, 0.4) is 0 Å². The van der Waals surface area contributed by atoms with Crippen LogP contribution in [0.25, 0.3) is 22.3 Å². The number of aromatic nitrogens is 2. The van der Waals surface area contributed by atoms with Gasteiger partial charge in [0.25, 0.3) is 0 Å². The zero-order chi connectivity index (χ0) is 22.3. The molecular weight excluding hydrogens is 406 g/mol. The average Bonchev–Trinajstić information content (AvgIpc) is 3.34. The summed E-state index contributed by atoms with van der Waals surface area (Å²) >= 11 is 0. The van der Waals surface area contributed by atoms with Crippen molar-refractivity contribution in [3.8, 4) is 17.0 Å². The van der Waals surface area contributed by atoms with Crippen LogP contribution in [0, 0.1) is 11.3 Å². The Hall–Kier alpha value is -2.94. The molecule has 2 aliphatic heterocycles. The molecule has 1 amide bonds. The van der Waals surface area contributed by atoms with Crippen molar-refractivity contribution in [1.82, 2.24) is 20.8 Å². The molecule has 3 atom stereocenters. The first-order valence-electron chi connectivity index (χ1n) is 11.0. The number of carbonyl (C=O) groups excluding carboxylic acids is 1. The summed E-state index contributed by atoms with van der Waals surface area (Å²) in [5, 5.41) is 3.92. The molecule has 4 N–H and O–H groups in total. The zero-order valence-corrected chi connectivity index (χ0v) is 18.6. The molecule has 3 unspecified atom stereocenters. The molecule has 2 fully saturated rings. The number of hydrogen-bond donors (Lipinski definition) is 4. The van der Waals surface area contributed by atoms with Crippen LogP contribution < -0.4 is 20.9 Å². The second kappa shape index (κ2) is 8.20. The van der Waals surface area contributed by atoms with Crippen molar-refractivity contribution in [3.63, 3.8) is 0 Å². The number of rotatable bonds is 6. The van der Waals surface area contributed by atoms with E-state index in [0.717, 1.165) is 41.3 Å². The van der Waals surface area contributed by atoms with Crippen molar-refractivity contribution in [1.29, 1.82) is 0 Å². The van der Waals surface area contributed by atoms with Gasteiger partial charge in [-0.05, 0) is 54.8 Å². The van der Waals surface area contributed by atoms with Crippen molar-refractivity contribution in [2.75, 3.05) is 25.1 Å². The maximum absolute atomic E-state index is 12.6. The molecule has 0 bridgehead atoms. The third-order valence-corrected chi connectivity index (χ3v) is 6.45. The summed E-state index contributed by atoms with van der Waals surface area (Å²) in [5.74, 6) is 0.978. The molecule has 0 radical (unpaired) electrons. The lowest BCUT2D eigenvalue weighted by atomic mass is 9.90. The van der Waals surface area contributed by atoms with Gasteiger partial charge in [-0.15, -0.1) is 0 Å². The number of ether oxygens (including phenoxy) is 2. The van der Waals surface area contributed by atoms with Crippen molar-refractivity contribution in [3.05, 3.63) is 42.6 Å². The van der Waals surface area contributed by atoms with E-state index < -0.39 is 0 Å². The van der Waals surface area contributed by atoms with Crippen LogP contribution in [-0.4, -0.2) is 47.8 Å². The van der Waals surface area contributed by atoms with E-state index in [0.29, 0.717) is 12.3 Å². The van der Waals surface area contributed by atoms with Crippen LogP contribution in [0.4, 0.5) is 5.69 Å². The number of benzene rings is 1. The van der Waals surface area contributed by atoms with E-state index in [2.05, 4.69) is 46.9 Å². The fourth-order valence-electron chi connectivity index (χ4n) is 4.06. The zero-order valence-electron chi connectivity index (χ0n) is 18.6. The van der Waals surface area contributed by atoms with Crippen molar-refractivity contribution in [2.24, 2.45) is 11.3 Å². The molecule has 8 nitrogen and oxygen atoms in total. The van der Waals surface area contributed by atoms with Crippen molar-refractivity contribution >= 4 is 22.6 Å². The SMILES string of the molecule is CC1NNC(C(=O)Nc2cnc3[nH]c(-c4ccc(OCC5(C)COC5)cc4)cc3c2)C1C. The number of hydrogen-bond acceptors (Lipinski definition) is 6. The predicted octanol–water partition coefficient (Wildman–Crippen LogP) is 3.08. The summed E-state index contributed by atoms with van der Waals surface area (Å²) in [6.45, 7) is 8.44. The fourth-order valence-corrected chi connectivity index (χ4v) is 4.06. The standard InChI is InChI=1S/C24H29N5O3/c1-14-15(2)28-29-21(14)23(30)26-18-8-17-9-20(27-22(17)25-10-18)16-4-6-19(7-5-16)32-13-24(3)11-31-12-24/h4-10,14-15,21,28-29H,11-13H2,1-3H3,(H,25,27)(H,26,30). The lowest BCUT2D eigenvalue weighted by Gasteiger charge is -2.37. The first kappa shape index (κ1) is 20.9. The molecule has 2 aliphatic rings. The molecule has 4 heterocycles. The fraction of sp³-hybridized carbons (Fsp3) is 0.417. The van der Waals surface area contributed by atoms with E-state index in [-0.39, 0.29) is 29.3 Å². The van der Waals surface area contributed by atoms with E-state index in [9.17, 15) is 4.79 Å². The molecule has 1 aromatic carbocycles. The van der Waals surface area contributed by atoms with Gasteiger partial charge in [0.05, 0.1) is 31.7 Å². The Labute approximate surface area is 187 Å². The van der Waals surface area contributed by atoms with Crippen molar-refractivity contribution in [2.45, 2.75) is 32.9 Å². The highest BCUT2D eigenvalue weighted by atomic mass is 16.5. The molecule has 0 aliphatic carbocycles. The molecule has 0 saturated carbocycles. The predicted molar refractivity (Wildman–Crippen MR) is 123 cm³/mol. The number of fused-ring (bicyclic) bond motifs is 1. The Bertz CT molecular complexity index is 1120. The largest absolute Gasteiger partial charge is 0.493 e. The molecule has 0 spiro atoms. The third-order valence-electron chi connectivity index (χ3n) is 6.45. The van der Waals surface area contributed by atoms with Gasteiger partial charge in [-0.2, -0.15) is 0 Å². The maximum atomic E-state index is 12.6. The smallest absolute Gasteiger partial charge is 0.243 e. The average molecular weight is 436 g/mol. The number of hydrazine groups is 1. The normalized spacial score (nSPS) is 24.3. The Morgan fingerprint density at radius 3 is 2.66 bits per heavy atom. The van der Waals surface area contributed by atoms with Crippen molar-refractivity contribution < 1.29 is 14.3 Å². The maximum Gasteiger partial charge on any atom is 0.243 e. The van der Waals surface area contributed by atoms with E-state index >= 15 is 0 Å². The summed E-state index contributed by atoms with van der Waals surface area (Å²) in [7, 11) is 0. The van der Waals surface area contributed by atoms with Gasteiger partial charge in [0.15, 0.2) is 0 Å². The number of nitrogens with zero attached hydrogens (tertiary/aromatic N) is 1. The summed E-state index contributed by atoms with van der Waals surface area (Å²) < 4.78 is 11.2. The van der Waals surface area contributed by atoms with Crippen LogP contribution in [-0.2, 0) is 9.53 Å². The van der Waals surface area contributed by atoms with E-state index in [1.165, 1.54) is 0 Å². The number of nitrogens with one attached hydrogen (secondary N) is 4. The number of H-pyrrole nitrogens is 1. The molecule has 2 saturated heterocycles. The van der Waals surface area contributed by atoms with Gasteiger partial charge in [-0.25, -0.2) is 10.4 Å². The Balaban J connectivity index is 1.27. The molecule has 3 aromatic rings. The van der Waals surface area contributed by atoms with Gasteiger partial charge in [0, 0.05) is 22.5 Å². The number of pyridine rings is 1.